The molecule has 0 bridgehead atoms. The van der Waals surface area contributed by atoms with Crippen LogP contribution in [0.3, 0.4) is 0 Å². The maximum atomic E-state index is 13.5. The van der Waals surface area contributed by atoms with Crippen LogP contribution in [0.15, 0.2) is 65.0 Å². The number of benzene rings is 2. The Morgan fingerprint density at radius 2 is 1.64 bits per heavy atom. The maximum absolute atomic E-state index is 13.5. The number of phenols is 1. The molecule has 2 aliphatic rings. The van der Waals surface area contributed by atoms with E-state index in [9.17, 15) is 14.7 Å². The van der Waals surface area contributed by atoms with Gasteiger partial charge < -0.3 is 24.6 Å². The number of carbonyl (C=O) groups excluding carboxylic acids is 2. The van der Waals surface area contributed by atoms with Crippen LogP contribution in [0.5, 0.6) is 17.2 Å². The summed E-state index contributed by atoms with van der Waals surface area (Å²) in [5, 5.41) is 13.0. The highest BCUT2D eigenvalue weighted by molar-refractivity contribution is 6.04. The Kier molecular flexibility index (Phi) is 6.14. The quantitative estimate of drug-likeness (QED) is 0.668. The van der Waals surface area contributed by atoms with Crippen molar-refractivity contribution in [2.75, 3.05) is 21.3 Å². The van der Waals surface area contributed by atoms with Gasteiger partial charge in [0.2, 0.25) is 0 Å². The van der Waals surface area contributed by atoms with Gasteiger partial charge in [0.15, 0.2) is 17.3 Å². The summed E-state index contributed by atoms with van der Waals surface area (Å²) in [6.45, 7) is 1.81. The van der Waals surface area contributed by atoms with Crippen LogP contribution < -0.4 is 14.8 Å². The molecule has 1 heterocycles. The summed E-state index contributed by atoms with van der Waals surface area (Å²) < 4.78 is 15.8. The van der Waals surface area contributed by atoms with E-state index < -0.39 is 11.9 Å². The molecule has 0 aromatic heterocycles. The largest absolute Gasteiger partial charge is 0.508 e. The lowest BCUT2D eigenvalue weighted by molar-refractivity contribution is -0.136. The zero-order valence-electron chi connectivity index (χ0n) is 19.1. The molecular formula is C26H27NO6. The summed E-state index contributed by atoms with van der Waals surface area (Å²) in [6, 6.07) is 12.3. The van der Waals surface area contributed by atoms with Crippen molar-refractivity contribution in [3.63, 3.8) is 0 Å². The van der Waals surface area contributed by atoms with Crippen molar-refractivity contribution in [3.05, 3.63) is 76.1 Å². The number of phenolic OH excluding ortho intramolecular Hbond substituents is 1. The topological polar surface area (TPSA) is 94.1 Å². The zero-order chi connectivity index (χ0) is 23.7. The highest BCUT2D eigenvalue weighted by Gasteiger charge is 2.41. The van der Waals surface area contributed by atoms with E-state index in [1.165, 1.54) is 7.11 Å². The molecule has 0 saturated heterocycles. The van der Waals surface area contributed by atoms with Crippen LogP contribution >= 0.6 is 0 Å². The molecule has 0 spiro atoms. The molecule has 0 amide bonds. The Hall–Kier alpha value is -3.74. The molecule has 1 aliphatic carbocycles. The number of rotatable bonds is 5. The molecule has 7 nitrogen and oxygen atoms in total. The molecule has 4 rings (SSSR count). The van der Waals surface area contributed by atoms with E-state index >= 15 is 0 Å². The van der Waals surface area contributed by atoms with Crippen molar-refractivity contribution < 1.29 is 28.9 Å². The van der Waals surface area contributed by atoms with Gasteiger partial charge in [-0.2, -0.15) is 0 Å². The van der Waals surface area contributed by atoms with E-state index in [-0.39, 0.29) is 17.5 Å². The highest BCUT2D eigenvalue weighted by atomic mass is 16.5. The maximum Gasteiger partial charge on any atom is 0.336 e. The van der Waals surface area contributed by atoms with Crippen LogP contribution in [0.25, 0.3) is 0 Å². The van der Waals surface area contributed by atoms with Crippen molar-refractivity contribution in [1.29, 1.82) is 0 Å². The lowest BCUT2D eigenvalue weighted by Crippen LogP contribution is -2.36. The second-order valence-corrected chi connectivity index (χ2v) is 8.21. The van der Waals surface area contributed by atoms with E-state index in [4.69, 9.17) is 14.2 Å². The number of ether oxygens (including phenoxy) is 3. The average molecular weight is 450 g/mol. The number of hydrogen-bond donors (Lipinski definition) is 2. The van der Waals surface area contributed by atoms with E-state index in [1.54, 1.807) is 38.5 Å². The molecule has 0 saturated carbocycles. The number of aromatic hydroxyl groups is 1. The fraction of sp³-hybridized carbons (Fsp3) is 0.308. The molecule has 0 fully saturated rings. The summed E-state index contributed by atoms with van der Waals surface area (Å²) in [4.78, 5) is 26.2. The number of esters is 1. The molecule has 2 atom stereocenters. The summed E-state index contributed by atoms with van der Waals surface area (Å²) in [5.41, 5.74) is 4.16. The minimum atomic E-state index is -0.562. The molecule has 2 N–H and O–H groups in total. The van der Waals surface area contributed by atoms with Gasteiger partial charge in [-0.3, -0.25) is 4.79 Å². The second-order valence-electron chi connectivity index (χ2n) is 8.21. The van der Waals surface area contributed by atoms with Gasteiger partial charge in [-0.15, -0.1) is 0 Å². The normalized spacial score (nSPS) is 20.2. The Bertz CT molecular complexity index is 1160. The van der Waals surface area contributed by atoms with Crippen LogP contribution in [0.4, 0.5) is 0 Å². The van der Waals surface area contributed by atoms with Gasteiger partial charge >= 0.3 is 5.97 Å². The van der Waals surface area contributed by atoms with E-state index in [2.05, 4.69) is 5.32 Å². The summed E-state index contributed by atoms with van der Waals surface area (Å²) in [6.07, 6.45) is 0.912. The van der Waals surface area contributed by atoms with Gasteiger partial charge in [0.25, 0.3) is 0 Å². The van der Waals surface area contributed by atoms with Gasteiger partial charge in [0.05, 0.1) is 26.9 Å². The number of methoxy groups -OCH3 is 3. The smallest absolute Gasteiger partial charge is 0.336 e. The molecule has 0 radical (unpaired) electrons. The third-order valence-electron chi connectivity index (χ3n) is 6.34. The van der Waals surface area contributed by atoms with E-state index in [0.717, 1.165) is 16.8 Å². The molecule has 2 unspecified atom stereocenters. The predicted octanol–water partition coefficient (Wildman–Crippen LogP) is 3.94. The lowest BCUT2D eigenvalue weighted by Gasteiger charge is -2.36. The third kappa shape index (κ3) is 4.06. The number of carbonyl (C=O) groups is 2. The number of allylic oxidation sites excluding steroid dienone is 3. The van der Waals surface area contributed by atoms with Crippen molar-refractivity contribution >= 4 is 11.8 Å². The Morgan fingerprint density at radius 3 is 2.27 bits per heavy atom. The van der Waals surface area contributed by atoms with Crippen molar-refractivity contribution in [1.82, 2.24) is 5.32 Å². The van der Waals surface area contributed by atoms with Crippen molar-refractivity contribution in [2.24, 2.45) is 0 Å². The number of Topliss-reactive ketones (excluding diaryl/α,β-unsaturated/α-hetero) is 1. The first-order valence-corrected chi connectivity index (χ1v) is 10.7. The van der Waals surface area contributed by atoms with Crippen LogP contribution in [-0.4, -0.2) is 38.2 Å². The number of ketones is 1. The van der Waals surface area contributed by atoms with Crippen molar-refractivity contribution in [3.8, 4) is 17.2 Å². The van der Waals surface area contributed by atoms with E-state index in [0.29, 0.717) is 41.2 Å². The highest BCUT2D eigenvalue weighted by Crippen LogP contribution is 2.46. The molecule has 1 aliphatic heterocycles. The first kappa shape index (κ1) is 22.5. The first-order chi connectivity index (χ1) is 15.9. The standard InChI is InChI=1S/C26H27NO6/c1-14-23(26(30)33-4)24(15-5-8-18(28)9-6-15)25-19(27-14)11-17(12-20(25)29)16-7-10-21(31-2)22(13-16)32-3/h5-10,13,17,24,27-28H,11-12H2,1-4H3. The zero-order valence-corrected chi connectivity index (χ0v) is 19.1. The Balaban J connectivity index is 1.77. The summed E-state index contributed by atoms with van der Waals surface area (Å²) in [7, 11) is 4.50. The number of dihydropyridines is 1. The van der Waals surface area contributed by atoms with Crippen LogP contribution in [-0.2, 0) is 14.3 Å². The van der Waals surface area contributed by atoms with Gasteiger partial charge in [-0.05, 0) is 54.7 Å². The van der Waals surface area contributed by atoms with Crippen LogP contribution in [0, 0.1) is 0 Å². The average Bonchev–Trinajstić information content (AvgIpc) is 2.82. The summed E-state index contributed by atoms with van der Waals surface area (Å²) in [5.74, 6) is 0.239. The minimum Gasteiger partial charge on any atom is -0.508 e. The molecule has 7 heteroatoms. The fourth-order valence-electron chi connectivity index (χ4n) is 4.76. The predicted molar refractivity (Wildman–Crippen MR) is 122 cm³/mol. The first-order valence-electron chi connectivity index (χ1n) is 10.7. The molecular weight excluding hydrogens is 422 g/mol. The van der Waals surface area contributed by atoms with Gasteiger partial charge in [-0.1, -0.05) is 18.2 Å². The number of hydrogen-bond acceptors (Lipinski definition) is 7. The van der Waals surface area contributed by atoms with Crippen LogP contribution in [0.2, 0.25) is 0 Å². The van der Waals surface area contributed by atoms with Gasteiger partial charge in [-0.25, -0.2) is 4.79 Å². The molecule has 2 aromatic carbocycles. The van der Waals surface area contributed by atoms with E-state index in [1.807, 2.05) is 25.1 Å². The lowest BCUT2D eigenvalue weighted by atomic mass is 9.71. The third-order valence-corrected chi connectivity index (χ3v) is 6.34. The Labute approximate surface area is 192 Å². The molecule has 172 valence electrons. The molecule has 33 heavy (non-hydrogen) atoms. The SMILES string of the molecule is COC(=O)C1=C(C)NC2=C(C(=O)CC(c3ccc(OC)c(OC)c3)C2)C1c1ccc(O)cc1. The van der Waals surface area contributed by atoms with Crippen molar-refractivity contribution in [2.45, 2.75) is 31.6 Å². The monoisotopic (exact) mass is 449 g/mol. The van der Waals surface area contributed by atoms with Crippen LogP contribution in [0.1, 0.15) is 42.7 Å². The van der Waals surface area contributed by atoms with Gasteiger partial charge in [0, 0.05) is 29.3 Å². The Morgan fingerprint density at radius 1 is 0.970 bits per heavy atom. The second kappa shape index (κ2) is 9.02. The summed E-state index contributed by atoms with van der Waals surface area (Å²) >= 11 is 0. The van der Waals surface area contributed by atoms with Gasteiger partial charge in [0.1, 0.15) is 5.75 Å². The fourth-order valence-corrected chi connectivity index (χ4v) is 4.76. The minimum absolute atomic E-state index is 0.0319. The molecule has 2 aromatic rings. The number of nitrogens with one attached hydrogen (secondary N) is 1.